The lowest BCUT2D eigenvalue weighted by Crippen LogP contribution is -2.56. The molecule has 3 heterocycles. The highest BCUT2D eigenvalue weighted by Gasteiger charge is 2.33. The van der Waals surface area contributed by atoms with Crippen LogP contribution in [0.5, 0.6) is 0 Å². The Hall–Kier alpha value is -0.610. The van der Waals surface area contributed by atoms with Crippen molar-refractivity contribution < 1.29 is 4.79 Å². The van der Waals surface area contributed by atoms with E-state index in [0.717, 1.165) is 18.9 Å². The molecule has 0 radical (unpaired) electrons. The van der Waals surface area contributed by atoms with Crippen LogP contribution in [0.15, 0.2) is 0 Å². The van der Waals surface area contributed by atoms with Gasteiger partial charge in [0.2, 0.25) is 5.91 Å². The van der Waals surface area contributed by atoms with Crippen molar-refractivity contribution in [1.82, 2.24) is 15.5 Å². The predicted octanol–water partition coefficient (Wildman–Crippen LogP) is 0.975. The summed E-state index contributed by atoms with van der Waals surface area (Å²) in [6.07, 6.45) is 4.26. The molecule has 0 aromatic rings. The zero-order valence-electron chi connectivity index (χ0n) is 11.7. The van der Waals surface area contributed by atoms with Crippen LogP contribution in [0.25, 0.3) is 0 Å². The Morgan fingerprint density at radius 3 is 2.67 bits per heavy atom. The first-order chi connectivity index (χ1) is 8.69. The molecule has 1 amide bonds. The third-order valence-electron chi connectivity index (χ3n) is 4.43. The zero-order valence-corrected chi connectivity index (χ0v) is 11.7. The molecule has 3 rings (SSSR count). The normalized spacial score (nSPS) is 32.2. The molecule has 3 aliphatic heterocycles. The summed E-state index contributed by atoms with van der Waals surface area (Å²) >= 11 is 0. The second-order valence-electron chi connectivity index (χ2n) is 5.83. The van der Waals surface area contributed by atoms with E-state index in [0.29, 0.717) is 18.5 Å². The Morgan fingerprint density at radius 1 is 1.39 bits per heavy atom. The van der Waals surface area contributed by atoms with Crippen LogP contribution in [0, 0.1) is 5.92 Å². The Kier molecular flexibility index (Phi) is 5.01. The van der Waals surface area contributed by atoms with E-state index in [1.165, 1.54) is 32.5 Å². The molecule has 2 unspecified atom stereocenters. The van der Waals surface area contributed by atoms with Gasteiger partial charge in [-0.15, -0.1) is 0 Å². The number of amides is 1. The van der Waals surface area contributed by atoms with E-state index in [1.54, 1.807) is 0 Å². The molecule has 18 heavy (non-hydrogen) atoms. The molecule has 2 N–H and O–H groups in total. The number of fused-ring (bicyclic) bond motifs is 3. The Morgan fingerprint density at radius 2 is 2.11 bits per heavy atom. The molecular formula is C14H27N3O. The highest BCUT2D eigenvalue weighted by atomic mass is 16.1. The largest absolute Gasteiger partial charge is 0.354 e. The average Bonchev–Trinajstić information content (AvgIpc) is 2.40. The van der Waals surface area contributed by atoms with Crippen LogP contribution in [-0.2, 0) is 4.79 Å². The van der Waals surface area contributed by atoms with Gasteiger partial charge in [0.1, 0.15) is 0 Å². The van der Waals surface area contributed by atoms with E-state index in [2.05, 4.69) is 29.4 Å². The van der Waals surface area contributed by atoms with E-state index < -0.39 is 0 Å². The number of carbonyl (C=O) groups excluding carboxylic acids is 1. The smallest absolute Gasteiger partial charge is 0.221 e. The minimum absolute atomic E-state index is 0.179. The molecule has 2 atom stereocenters. The van der Waals surface area contributed by atoms with Gasteiger partial charge >= 0.3 is 0 Å². The van der Waals surface area contributed by atoms with Gasteiger partial charge in [-0.25, -0.2) is 0 Å². The highest BCUT2D eigenvalue weighted by molar-refractivity contribution is 5.76. The van der Waals surface area contributed by atoms with Crippen LogP contribution < -0.4 is 10.6 Å². The number of piperidine rings is 3. The summed E-state index contributed by atoms with van der Waals surface area (Å²) in [5.41, 5.74) is 0. The van der Waals surface area contributed by atoms with Crippen molar-refractivity contribution in [1.29, 1.82) is 0 Å². The maximum Gasteiger partial charge on any atom is 0.221 e. The van der Waals surface area contributed by atoms with E-state index in [4.69, 9.17) is 0 Å². The van der Waals surface area contributed by atoms with E-state index >= 15 is 0 Å². The van der Waals surface area contributed by atoms with Crippen molar-refractivity contribution in [3.05, 3.63) is 0 Å². The molecule has 4 nitrogen and oxygen atoms in total. The molecule has 0 saturated carbocycles. The summed E-state index contributed by atoms with van der Waals surface area (Å²) in [5, 5.41) is 6.58. The number of nitrogens with zero attached hydrogens (tertiary/aromatic N) is 1. The summed E-state index contributed by atoms with van der Waals surface area (Å²) in [5.74, 6) is 1.02. The first-order valence-corrected chi connectivity index (χ1v) is 7.44. The third-order valence-corrected chi connectivity index (χ3v) is 4.43. The topological polar surface area (TPSA) is 44.4 Å². The molecule has 4 heteroatoms. The summed E-state index contributed by atoms with van der Waals surface area (Å²) in [4.78, 5) is 14.2. The van der Waals surface area contributed by atoms with E-state index in [-0.39, 0.29) is 5.91 Å². The lowest BCUT2D eigenvalue weighted by molar-refractivity contribution is -0.121. The standard InChI is InChI=1S/C14H27N3O/c1-3-11(2)16-14(18)4-7-15-13-10-17-8-5-12(13)6-9-17/h11-13,15H,3-10H2,1-2H3,(H,16,18). The molecule has 3 aliphatic rings. The SMILES string of the molecule is CCC(C)NC(=O)CCNC1CN2CCC1CC2. The van der Waals surface area contributed by atoms with Gasteiger partial charge in [0.25, 0.3) is 0 Å². The molecular weight excluding hydrogens is 226 g/mol. The first kappa shape index (κ1) is 13.8. The van der Waals surface area contributed by atoms with E-state index in [1.807, 2.05) is 0 Å². The molecule has 0 spiro atoms. The molecule has 0 aromatic heterocycles. The lowest BCUT2D eigenvalue weighted by atomic mass is 9.84. The molecule has 0 aliphatic carbocycles. The van der Waals surface area contributed by atoms with Crippen molar-refractivity contribution in [2.75, 3.05) is 26.2 Å². The van der Waals surface area contributed by atoms with Crippen LogP contribution in [0.2, 0.25) is 0 Å². The fourth-order valence-electron chi connectivity index (χ4n) is 3.02. The average molecular weight is 253 g/mol. The fourth-order valence-corrected chi connectivity index (χ4v) is 3.02. The Balaban J connectivity index is 1.62. The second kappa shape index (κ2) is 6.53. The third kappa shape index (κ3) is 3.69. The van der Waals surface area contributed by atoms with Crippen LogP contribution >= 0.6 is 0 Å². The van der Waals surface area contributed by atoms with Gasteiger partial charge < -0.3 is 15.5 Å². The molecule has 2 bridgehead atoms. The summed E-state index contributed by atoms with van der Waals surface area (Å²) in [6.45, 7) is 8.69. The van der Waals surface area contributed by atoms with Gasteiger partial charge in [-0.1, -0.05) is 6.92 Å². The zero-order chi connectivity index (χ0) is 13.0. The van der Waals surface area contributed by atoms with Crippen LogP contribution in [0.1, 0.15) is 39.5 Å². The number of hydrogen-bond donors (Lipinski definition) is 2. The maximum absolute atomic E-state index is 11.7. The number of hydrogen-bond acceptors (Lipinski definition) is 3. The summed E-state index contributed by atoms with van der Waals surface area (Å²) in [6, 6.07) is 0.915. The van der Waals surface area contributed by atoms with Gasteiger partial charge in [-0.3, -0.25) is 4.79 Å². The lowest BCUT2D eigenvalue weighted by Gasteiger charge is -2.45. The number of nitrogens with one attached hydrogen (secondary N) is 2. The van der Waals surface area contributed by atoms with Gasteiger partial charge in [0.15, 0.2) is 0 Å². The monoisotopic (exact) mass is 253 g/mol. The van der Waals surface area contributed by atoms with Crippen LogP contribution in [-0.4, -0.2) is 49.1 Å². The summed E-state index contributed by atoms with van der Waals surface area (Å²) in [7, 11) is 0. The summed E-state index contributed by atoms with van der Waals surface area (Å²) < 4.78 is 0. The predicted molar refractivity (Wildman–Crippen MR) is 73.5 cm³/mol. The van der Waals surface area contributed by atoms with Crippen molar-refractivity contribution in [2.24, 2.45) is 5.92 Å². The van der Waals surface area contributed by atoms with Gasteiger partial charge in [0.05, 0.1) is 0 Å². The number of rotatable bonds is 6. The van der Waals surface area contributed by atoms with Gasteiger partial charge in [-0.2, -0.15) is 0 Å². The molecule has 3 saturated heterocycles. The minimum atomic E-state index is 0.179. The molecule has 104 valence electrons. The second-order valence-corrected chi connectivity index (χ2v) is 5.83. The van der Waals surface area contributed by atoms with Crippen LogP contribution in [0.3, 0.4) is 0 Å². The first-order valence-electron chi connectivity index (χ1n) is 7.44. The van der Waals surface area contributed by atoms with Gasteiger partial charge in [-0.05, 0) is 45.2 Å². The Labute approximate surface area is 110 Å². The van der Waals surface area contributed by atoms with Crippen molar-refractivity contribution >= 4 is 5.91 Å². The van der Waals surface area contributed by atoms with Crippen molar-refractivity contribution in [3.63, 3.8) is 0 Å². The molecule has 0 aromatic carbocycles. The fraction of sp³-hybridized carbons (Fsp3) is 0.929. The maximum atomic E-state index is 11.7. The Bertz CT molecular complexity index is 274. The van der Waals surface area contributed by atoms with Crippen LogP contribution in [0.4, 0.5) is 0 Å². The number of carbonyl (C=O) groups is 1. The van der Waals surface area contributed by atoms with Crippen molar-refractivity contribution in [2.45, 2.75) is 51.6 Å². The van der Waals surface area contributed by atoms with Crippen molar-refractivity contribution in [3.8, 4) is 0 Å². The highest BCUT2D eigenvalue weighted by Crippen LogP contribution is 2.27. The minimum Gasteiger partial charge on any atom is -0.354 e. The quantitative estimate of drug-likeness (QED) is 0.741. The van der Waals surface area contributed by atoms with E-state index in [9.17, 15) is 4.79 Å². The molecule has 3 fully saturated rings. The van der Waals surface area contributed by atoms with Gasteiger partial charge in [0, 0.05) is 31.6 Å².